The van der Waals surface area contributed by atoms with Crippen LogP contribution >= 0.6 is 11.6 Å². The van der Waals surface area contributed by atoms with Crippen LogP contribution in [0, 0.1) is 5.92 Å². The van der Waals surface area contributed by atoms with Crippen LogP contribution in [0.3, 0.4) is 0 Å². The van der Waals surface area contributed by atoms with Crippen LogP contribution in [-0.4, -0.2) is 28.4 Å². The number of carbonyl (C=O) groups excluding carboxylic acids is 1. The third kappa shape index (κ3) is 2.62. The first-order valence-corrected chi connectivity index (χ1v) is 7.77. The second kappa shape index (κ2) is 5.60. The number of likely N-dealkylation sites (tertiary alicyclic amines) is 1. The largest absolute Gasteiger partial charge is 0.384 e. The Bertz CT molecular complexity index is 494. The van der Waals surface area contributed by atoms with Gasteiger partial charge in [0.05, 0.1) is 0 Å². The van der Waals surface area contributed by atoms with Gasteiger partial charge in [0, 0.05) is 18.2 Å². The van der Waals surface area contributed by atoms with Crippen molar-refractivity contribution in [1.29, 1.82) is 0 Å². The monoisotopic (exact) mass is 293 g/mol. The second-order valence-electron chi connectivity index (χ2n) is 5.86. The van der Waals surface area contributed by atoms with Crippen LogP contribution in [0.15, 0.2) is 12.1 Å². The Hall–Kier alpha value is -1.29. The number of nitrogens with two attached hydrogens (primary N) is 1. The summed E-state index contributed by atoms with van der Waals surface area (Å²) in [5.41, 5.74) is 6.25. The maximum atomic E-state index is 12.7. The number of halogens is 1. The van der Waals surface area contributed by atoms with E-state index < -0.39 is 0 Å². The molecule has 0 bridgehead atoms. The highest BCUT2D eigenvalue weighted by Crippen LogP contribution is 2.36. The van der Waals surface area contributed by atoms with Crippen molar-refractivity contribution in [3.05, 3.63) is 22.8 Å². The van der Waals surface area contributed by atoms with Gasteiger partial charge in [-0.25, -0.2) is 4.98 Å². The number of carbonyl (C=O) groups is 1. The van der Waals surface area contributed by atoms with E-state index in [1.54, 1.807) is 12.1 Å². The van der Waals surface area contributed by atoms with Gasteiger partial charge in [0.2, 0.25) is 0 Å². The molecule has 108 valence electrons. The number of nitrogens with zero attached hydrogens (tertiary/aromatic N) is 2. The van der Waals surface area contributed by atoms with E-state index in [2.05, 4.69) is 4.98 Å². The van der Waals surface area contributed by atoms with Crippen LogP contribution in [0.2, 0.25) is 5.15 Å². The van der Waals surface area contributed by atoms with Gasteiger partial charge in [-0.05, 0) is 43.7 Å². The minimum Gasteiger partial charge on any atom is -0.384 e. The van der Waals surface area contributed by atoms with E-state index in [9.17, 15) is 4.79 Å². The summed E-state index contributed by atoms with van der Waals surface area (Å²) in [7, 11) is 0. The Balaban J connectivity index is 1.81. The van der Waals surface area contributed by atoms with Gasteiger partial charge in [-0.1, -0.05) is 24.4 Å². The Morgan fingerprint density at radius 2 is 2.00 bits per heavy atom. The maximum absolute atomic E-state index is 12.7. The van der Waals surface area contributed by atoms with E-state index in [-0.39, 0.29) is 11.1 Å². The SMILES string of the molecule is Nc1cc(C(=O)N2CCCC2C2CCCC2)cc(Cl)n1. The zero-order valence-electron chi connectivity index (χ0n) is 11.5. The molecule has 2 N–H and O–H groups in total. The molecule has 0 radical (unpaired) electrons. The predicted molar refractivity (Wildman–Crippen MR) is 79.7 cm³/mol. The minimum atomic E-state index is 0.0513. The van der Waals surface area contributed by atoms with E-state index in [1.807, 2.05) is 4.90 Å². The summed E-state index contributed by atoms with van der Waals surface area (Å²) in [6.45, 7) is 0.847. The number of nitrogen functional groups attached to an aromatic ring is 1. The Kier molecular flexibility index (Phi) is 3.83. The first-order valence-electron chi connectivity index (χ1n) is 7.39. The van der Waals surface area contributed by atoms with Gasteiger partial charge in [-0.2, -0.15) is 0 Å². The molecule has 4 nitrogen and oxygen atoms in total. The fourth-order valence-corrected chi connectivity index (χ4v) is 3.90. The topological polar surface area (TPSA) is 59.2 Å². The standard InChI is InChI=1S/C15H20ClN3O/c16-13-8-11(9-14(17)18-13)15(20)19-7-3-6-12(19)10-4-1-2-5-10/h8-10,12H,1-7H2,(H2,17,18). The third-order valence-corrected chi connectivity index (χ3v) is 4.76. The van der Waals surface area contributed by atoms with Gasteiger partial charge in [0.15, 0.2) is 0 Å². The van der Waals surface area contributed by atoms with E-state index in [4.69, 9.17) is 17.3 Å². The lowest BCUT2D eigenvalue weighted by Gasteiger charge is -2.29. The minimum absolute atomic E-state index is 0.0513. The van der Waals surface area contributed by atoms with E-state index >= 15 is 0 Å². The Labute approximate surface area is 124 Å². The molecule has 0 spiro atoms. The Morgan fingerprint density at radius 1 is 1.25 bits per heavy atom. The zero-order valence-corrected chi connectivity index (χ0v) is 12.3. The molecule has 1 aromatic heterocycles. The van der Waals surface area contributed by atoms with E-state index in [0.717, 1.165) is 19.4 Å². The van der Waals surface area contributed by atoms with Gasteiger partial charge >= 0.3 is 0 Å². The third-order valence-electron chi connectivity index (χ3n) is 4.56. The second-order valence-corrected chi connectivity index (χ2v) is 6.24. The lowest BCUT2D eigenvalue weighted by atomic mass is 9.95. The number of hydrogen-bond acceptors (Lipinski definition) is 3. The molecule has 1 aliphatic heterocycles. The van der Waals surface area contributed by atoms with Gasteiger partial charge in [0.25, 0.3) is 5.91 Å². The molecule has 3 rings (SSSR count). The van der Waals surface area contributed by atoms with Gasteiger partial charge < -0.3 is 10.6 Å². The first-order chi connectivity index (χ1) is 9.65. The number of anilines is 1. The predicted octanol–water partition coefficient (Wildman–Crippen LogP) is 3.11. The molecule has 2 heterocycles. The van der Waals surface area contributed by atoms with Crippen LogP contribution in [0.1, 0.15) is 48.9 Å². The van der Waals surface area contributed by atoms with Crippen molar-refractivity contribution in [2.45, 2.75) is 44.6 Å². The summed E-state index contributed by atoms with van der Waals surface area (Å²) >= 11 is 5.90. The summed E-state index contributed by atoms with van der Waals surface area (Å²) < 4.78 is 0. The number of rotatable bonds is 2. The molecule has 1 aromatic rings. The number of aromatic nitrogens is 1. The molecule has 20 heavy (non-hydrogen) atoms. The molecule has 0 aromatic carbocycles. The molecular formula is C15H20ClN3O. The van der Waals surface area contributed by atoms with Crippen molar-refractivity contribution >= 4 is 23.3 Å². The highest BCUT2D eigenvalue weighted by Gasteiger charge is 2.36. The lowest BCUT2D eigenvalue weighted by molar-refractivity contribution is 0.0689. The first kappa shape index (κ1) is 13.7. The maximum Gasteiger partial charge on any atom is 0.254 e. The average molecular weight is 294 g/mol. The molecule has 1 aliphatic carbocycles. The highest BCUT2D eigenvalue weighted by molar-refractivity contribution is 6.29. The molecule has 1 saturated carbocycles. The Morgan fingerprint density at radius 3 is 2.70 bits per heavy atom. The zero-order chi connectivity index (χ0) is 14.1. The van der Waals surface area contributed by atoms with Gasteiger partial charge in [-0.15, -0.1) is 0 Å². The normalized spacial score (nSPS) is 23.4. The van der Waals surface area contributed by atoms with Crippen LogP contribution in [0.5, 0.6) is 0 Å². The number of hydrogen-bond donors (Lipinski definition) is 1. The molecule has 2 aliphatic rings. The summed E-state index contributed by atoms with van der Waals surface area (Å²) in [6.07, 6.45) is 7.35. The molecule has 1 saturated heterocycles. The van der Waals surface area contributed by atoms with Crippen molar-refractivity contribution in [2.24, 2.45) is 5.92 Å². The van der Waals surface area contributed by atoms with Crippen molar-refractivity contribution in [1.82, 2.24) is 9.88 Å². The summed E-state index contributed by atoms with van der Waals surface area (Å²) in [6, 6.07) is 3.64. The summed E-state index contributed by atoms with van der Waals surface area (Å²) in [4.78, 5) is 18.6. The van der Waals surface area contributed by atoms with E-state index in [1.165, 1.54) is 25.7 Å². The summed E-state index contributed by atoms with van der Waals surface area (Å²) in [5, 5.41) is 0.282. The van der Waals surface area contributed by atoms with E-state index in [0.29, 0.717) is 23.3 Å². The lowest BCUT2D eigenvalue weighted by Crippen LogP contribution is -2.39. The number of pyridine rings is 1. The molecule has 5 heteroatoms. The van der Waals surface area contributed by atoms with Crippen LogP contribution in [-0.2, 0) is 0 Å². The highest BCUT2D eigenvalue weighted by atomic mass is 35.5. The smallest absolute Gasteiger partial charge is 0.254 e. The molecule has 1 unspecified atom stereocenters. The molecule has 1 amide bonds. The van der Waals surface area contributed by atoms with Crippen LogP contribution < -0.4 is 5.73 Å². The average Bonchev–Trinajstić information content (AvgIpc) is 3.07. The van der Waals surface area contributed by atoms with Crippen molar-refractivity contribution in [3.63, 3.8) is 0 Å². The van der Waals surface area contributed by atoms with Crippen molar-refractivity contribution in [3.8, 4) is 0 Å². The van der Waals surface area contributed by atoms with Gasteiger partial charge in [-0.3, -0.25) is 4.79 Å². The van der Waals surface area contributed by atoms with Crippen LogP contribution in [0.4, 0.5) is 5.82 Å². The quantitative estimate of drug-likeness (QED) is 0.852. The van der Waals surface area contributed by atoms with Crippen LogP contribution in [0.25, 0.3) is 0 Å². The fraction of sp³-hybridized carbons (Fsp3) is 0.600. The van der Waals surface area contributed by atoms with Crippen molar-refractivity contribution < 1.29 is 4.79 Å². The fourth-order valence-electron chi connectivity index (χ4n) is 3.68. The molecule has 1 atom stereocenters. The molecule has 2 fully saturated rings. The summed E-state index contributed by atoms with van der Waals surface area (Å²) in [5.74, 6) is 1.03. The van der Waals surface area contributed by atoms with Crippen molar-refractivity contribution in [2.75, 3.05) is 12.3 Å². The van der Waals surface area contributed by atoms with Gasteiger partial charge in [0.1, 0.15) is 11.0 Å². The molecular weight excluding hydrogens is 274 g/mol. The number of amides is 1.